The third-order valence-electron chi connectivity index (χ3n) is 5.18. The number of nitrogens with zero attached hydrogens (tertiary/aromatic N) is 3. The third kappa shape index (κ3) is 3.92. The van der Waals surface area contributed by atoms with Crippen molar-refractivity contribution in [3.63, 3.8) is 0 Å². The molecule has 0 bridgehead atoms. The number of carbonyl (C=O) groups excluding carboxylic acids is 2. The molecule has 3 N–H and O–H groups in total. The number of carbonyl (C=O) groups is 2. The van der Waals surface area contributed by atoms with Gasteiger partial charge in [0, 0.05) is 24.3 Å². The molecule has 2 fully saturated rings. The van der Waals surface area contributed by atoms with Gasteiger partial charge >= 0.3 is 18.1 Å². The molecular formula is C17H17F3N6O3. The molecule has 0 aromatic carbocycles. The zero-order valence-electron chi connectivity index (χ0n) is 15.0. The minimum Gasteiger partial charge on any atom is -0.329 e. The fourth-order valence-electron chi connectivity index (χ4n) is 3.56. The lowest BCUT2D eigenvalue weighted by Gasteiger charge is -2.34. The van der Waals surface area contributed by atoms with Crippen LogP contribution >= 0.6 is 0 Å². The first-order valence-corrected chi connectivity index (χ1v) is 8.98. The van der Waals surface area contributed by atoms with Crippen LogP contribution in [0.4, 0.5) is 18.0 Å². The van der Waals surface area contributed by atoms with E-state index in [1.807, 2.05) is 0 Å². The summed E-state index contributed by atoms with van der Waals surface area (Å²) in [6, 6.07) is 2.96. The highest BCUT2D eigenvalue weighted by Crippen LogP contribution is 2.31. The molecule has 1 saturated carbocycles. The highest BCUT2D eigenvalue weighted by Gasteiger charge is 2.47. The van der Waals surface area contributed by atoms with Gasteiger partial charge < -0.3 is 15.2 Å². The molecule has 4 rings (SSSR count). The van der Waals surface area contributed by atoms with Crippen molar-refractivity contribution in [1.82, 2.24) is 31.1 Å². The minimum atomic E-state index is -4.69. The number of imide groups is 1. The van der Waals surface area contributed by atoms with Gasteiger partial charge in [0.05, 0.1) is 5.69 Å². The Morgan fingerprint density at radius 3 is 2.55 bits per heavy atom. The average molecular weight is 410 g/mol. The van der Waals surface area contributed by atoms with Crippen LogP contribution in [0, 0.1) is 0 Å². The molecule has 154 valence electrons. The lowest BCUT2D eigenvalue weighted by atomic mass is 9.79. The van der Waals surface area contributed by atoms with Crippen molar-refractivity contribution >= 4 is 11.9 Å². The van der Waals surface area contributed by atoms with Crippen LogP contribution < -0.4 is 16.0 Å². The summed E-state index contributed by atoms with van der Waals surface area (Å²) in [4.78, 5) is 30.9. The monoisotopic (exact) mass is 410 g/mol. The summed E-state index contributed by atoms with van der Waals surface area (Å²) >= 11 is 0. The van der Waals surface area contributed by atoms with Crippen LogP contribution in [0.15, 0.2) is 22.9 Å². The molecule has 9 nitrogen and oxygen atoms in total. The second-order valence-corrected chi connectivity index (χ2v) is 7.10. The number of urea groups is 1. The molecule has 1 saturated heterocycles. The molecule has 29 heavy (non-hydrogen) atoms. The number of hydrogen-bond donors (Lipinski definition) is 3. The summed E-state index contributed by atoms with van der Waals surface area (Å²) in [5.41, 5.74) is 0.214. The van der Waals surface area contributed by atoms with E-state index >= 15 is 0 Å². The highest BCUT2D eigenvalue weighted by atomic mass is 19.4. The van der Waals surface area contributed by atoms with Gasteiger partial charge in [-0.05, 0) is 37.8 Å². The molecule has 3 amide bonds. The van der Waals surface area contributed by atoms with E-state index in [9.17, 15) is 22.8 Å². The summed E-state index contributed by atoms with van der Waals surface area (Å²) in [5, 5.41) is 11.7. The van der Waals surface area contributed by atoms with E-state index < -0.39 is 23.6 Å². The van der Waals surface area contributed by atoms with Gasteiger partial charge in [-0.25, -0.2) is 4.79 Å². The van der Waals surface area contributed by atoms with Crippen LogP contribution in [0.25, 0.3) is 11.4 Å². The Balaban J connectivity index is 1.31. The second-order valence-electron chi connectivity index (χ2n) is 7.10. The molecule has 12 heteroatoms. The quantitative estimate of drug-likeness (QED) is 0.657. The number of nitrogens with one attached hydrogen (secondary N) is 3. The lowest BCUT2D eigenvalue weighted by molar-refractivity contribution is -0.159. The maximum Gasteiger partial charge on any atom is 0.471 e. The molecule has 0 radical (unpaired) electrons. The summed E-state index contributed by atoms with van der Waals surface area (Å²) in [5.74, 6) is -1.85. The standard InChI is InChI=1S/C17H17F3N6O3/c18-17(19,20)14-23-12(26-29-14)9-1-2-11(21-7-9)8-22-10-3-5-16(6-4-10)13(27)24-15(28)25-16/h1-2,7,10,22H,3-6,8H2,(H2,24,25,27,28). The van der Waals surface area contributed by atoms with Gasteiger partial charge in [0.1, 0.15) is 5.54 Å². The van der Waals surface area contributed by atoms with Crippen molar-refractivity contribution in [3.05, 3.63) is 29.9 Å². The van der Waals surface area contributed by atoms with E-state index in [0.29, 0.717) is 30.6 Å². The minimum absolute atomic E-state index is 0.166. The van der Waals surface area contributed by atoms with E-state index in [2.05, 4.69) is 35.6 Å². The second kappa shape index (κ2) is 7.10. The predicted molar refractivity (Wildman–Crippen MR) is 91.0 cm³/mol. The summed E-state index contributed by atoms with van der Waals surface area (Å²) in [6.45, 7) is 0.455. The fraction of sp³-hybridized carbons (Fsp3) is 0.471. The van der Waals surface area contributed by atoms with Gasteiger partial charge in [0.15, 0.2) is 0 Å². The van der Waals surface area contributed by atoms with Gasteiger partial charge in [-0.3, -0.25) is 15.1 Å². The van der Waals surface area contributed by atoms with E-state index in [0.717, 1.165) is 12.8 Å². The molecule has 0 atom stereocenters. The lowest BCUT2D eigenvalue weighted by Crippen LogP contribution is -2.52. The Morgan fingerprint density at radius 2 is 2.00 bits per heavy atom. The largest absolute Gasteiger partial charge is 0.471 e. The zero-order valence-corrected chi connectivity index (χ0v) is 15.0. The van der Waals surface area contributed by atoms with E-state index in [1.54, 1.807) is 12.1 Å². The van der Waals surface area contributed by atoms with Crippen LogP contribution in [0.1, 0.15) is 37.3 Å². The van der Waals surface area contributed by atoms with Gasteiger partial charge in [-0.2, -0.15) is 18.2 Å². The summed E-state index contributed by atoms with van der Waals surface area (Å²) < 4.78 is 41.8. The Hall–Kier alpha value is -3.02. The van der Waals surface area contributed by atoms with Crippen molar-refractivity contribution in [2.24, 2.45) is 0 Å². The summed E-state index contributed by atoms with van der Waals surface area (Å²) in [7, 11) is 0. The van der Waals surface area contributed by atoms with Crippen molar-refractivity contribution in [1.29, 1.82) is 0 Å². The molecule has 2 aromatic rings. The molecular weight excluding hydrogens is 393 g/mol. The highest BCUT2D eigenvalue weighted by molar-refractivity contribution is 6.07. The smallest absolute Gasteiger partial charge is 0.329 e. The van der Waals surface area contributed by atoms with Crippen molar-refractivity contribution in [3.8, 4) is 11.4 Å². The number of pyridine rings is 1. The van der Waals surface area contributed by atoms with Crippen molar-refractivity contribution < 1.29 is 27.3 Å². The molecule has 2 aromatic heterocycles. The number of aromatic nitrogens is 3. The van der Waals surface area contributed by atoms with Crippen molar-refractivity contribution in [2.75, 3.05) is 0 Å². The topological polar surface area (TPSA) is 122 Å². The Kier molecular flexibility index (Phi) is 4.73. The van der Waals surface area contributed by atoms with Crippen LogP contribution in [-0.2, 0) is 17.5 Å². The van der Waals surface area contributed by atoms with Crippen LogP contribution in [0.2, 0.25) is 0 Å². The number of alkyl halides is 3. The maximum atomic E-state index is 12.5. The molecule has 0 unspecified atom stereocenters. The molecule has 3 heterocycles. The van der Waals surface area contributed by atoms with Crippen LogP contribution in [0.3, 0.4) is 0 Å². The van der Waals surface area contributed by atoms with Gasteiger partial charge in [0.2, 0.25) is 5.82 Å². The molecule has 2 aliphatic rings. The maximum absolute atomic E-state index is 12.5. The predicted octanol–water partition coefficient (Wildman–Crippen LogP) is 1.76. The van der Waals surface area contributed by atoms with E-state index in [-0.39, 0.29) is 17.8 Å². The number of hydrogen-bond acceptors (Lipinski definition) is 7. The normalized spacial score (nSPS) is 24.6. The average Bonchev–Trinajstić information content (AvgIpc) is 3.27. The van der Waals surface area contributed by atoms with Gasteiger partial charge in [0.25, 0.3) is 5.91 Å². The third-order valence-corrected chi connectivity index (χ3v) is 5.18. The van der Waals surface area contributed by atoms with Crippen molar-refractivity contribution in [2.45, 2.75) is 50.0 Å². The number of amides is 3. The first-order valence-electron chi connectivity index (χ1n) is 8.98. The molecule has 1 aliphatic carbocycles. The first kappa shape index (κ1) is 19.3. The first-order chi connectivity index (χ1) is 13.7. The van der Waals surface area contributed by atoms with Gasteiger partial charge in [-0.15, -0.1) is 0 Å². The van der Waals surface area contributed by atoms with E-state index in [4.69, 9.17) is 0 Å². The Morgan fingerprint density at radius 1 is 1.24 bits per heavy atom. The van der Waals surface area contributed by atoms with Gasteiger partial charge in [-0.1, -0.05) is 5.16 Å². The van der Waals surface area contributed by atoms with Crippen LogP contribution in [-0.4, -0.2) is 38.6 Å². The van der Waals surface area contributed by atoms with Crippen LogP contribution in [0.5, 0.6) is 0 Å². The Bertz CT molecular complexity index is 919. The molecule has 1 aliphatic heterocycles. The Labute approximate surface area is 162 Å². The molecule has 1 spiro atoms. The fourth-order valence-corrected chi connectivity index (χ4v) is 3.56. The zero-order chi connectivity index (χ0) is 20.6. The number of rotatable bonds is 4. The SMILES string of the molecule is O=C1NC(=O)C2(CCC(NCc3ccc(-c4noc(C(F)(F)F)n4)cn3)CC2)N1. The summed E-state index contributed by atoms with van der Waals surface area (Å²) in [6.07, 6.45) is -0.773. The van der Waals surface area contributed by atoms with E-state index in [1.165, 1.54) is 6.20 Å². The number of halogens is 3.